The first-order chi connectivity index (χ1) is 13.6. The molecular weight excluding hydrogens is 376 g/mol. The molecule has 3 heterocycles. The number of likely N-dealkylation sites (tertiary alicyclic amines) is 1. The monoisotopic (exact) mass is 398 g/mol. The van der Waals surface area contributed by atoms with Gasteiger partial charge in [-0.3, -0.25) is 4.98 Å². The van der Waals surface area contributed by atoms with E-state index in [9.17, 15) is 4.79 Å². The number of carbonyl (C=O) groups excluding carboxylic acids is 1. The maximum Gasteiger partial charge on any atom is 0.409 e. The highest BCUT2D eigenvalue weighted by atomic mass is 35.5. The van der Waals surface area contributed by atoms with Crippen LogP contribution in [0.15, 0.2) is 36.5 Å². The van der Waals surface area contributed by atoms with Gasteiger partial charge in [0.2, 0.25) is 0 Å². The molecule has 2 fully saturated rings. The number of aromatic nitrogens is 1. The van der Waals surface area contributed by atoms with Gasteiger partial charge in [0.15, 0.2) is 5.60 Å². The van der Waals surface area contributed by atoms with Gasteiger partial charge in [-0.15, -0.1) is 0 Å². The highest BCUT2D eigenvalue weighted by Gasteiger charge is 2.74. The molecule has 0 saturated carbocycles. The first-order valence-corrected chi connectivity index (χ1v) is 10.3. The van der Waals surface area contributed by atoms with Crippen LogP contribution in [0.2, 0.25) is 5.02 Å². The molecule has 2 aliphatic heterocycles. The topological polar surface area (TPSA) is 55.0 Å². The number of amides is 1. The maximum absolute atomic E-state index is 12.1. The number of piperidine rings is 1. The summed E-state index contributed by atoms with van der Waals surface area (Å²) in [6.07, 6.45) is 4.99. The summed E-state index contributed by atoms with van der Waals surface area (Å²) in [5, 5.41) is 0.750. The lowest BCUT2D eigenvalue weighted by molar-refractivity contribution is 0.0850. The van der Waals surface area contributed by atoms with Crippen molar-refractivity contribution in [3.63, 3.8) is 0 Å². The molecule has 2 aromatic rings. The standard InChI is InChI=1S/C22H23ClN2O3/c1-2-27-20(26)25-12-9-21(10-13-25)22(28-21)18-8-7-17(23)14-16(18)6-5-15-4-3-11-24-19(15)22/h3-4,7-8,11,14H,2,5-6,9-10,12-13H2,1H3/t22-/m0/s1. The Labute approximate surface area is 169 Å². The number of fused-ring (bicyclic) bond motifs is 5. The third-order valence-electron chi connectivity index (χ3n) is 6.38. The van der Waals surface area contributed by atoms with Gasteiger partial charge in [0.1, 0.15) is 5.60 Å². The molecule has 1 atom stereocenters. The number of benzene rings is 1. The second-order valence-electron chi connectivity index (χ2n) is 7.78. The summed E-state index contributed by atoms with van der Waals surface area (Å²) in [6.45, 7) is 3.49. The molecule has 5 rings (SSSR count). The van der Waals surface area contributed by atoms with E-state index in [0.29, 0.717) is 19.7 Å². The molecule has 1 aromatic carbocycles. The number of rotatable bonds is 1. The molecule has 2 saturated heterocycles. The van der Waals surface area contributed by atoms with Crippen LogP contribution in [0, 0.1) is 0 Å². The van der Waals surface area contributed by atoms with Gasteiger partial charge in [0.25, 0.3) is 0 Å². The Bertz CT molecular complexity index is 939. The number of epoxide rings is 1. The normalized spacial score (nSPS) is 24.4. The van der Waals surface area contributed by atoms with Crippen molar-refractivity contribution in [2.45, 2.75) is 43.8 Å². The average molecular weight is 399 g/mol. The lowest BCUT2D eigenvalue weighted by atomic mass is 9.76. The fourth-order valence-electron chi connectivity index (χ4n) is 5.02. The van der Waals surface area contributed by atoms with Crippen LogP contribution >= 0.6 is 11.6 Å². The largest absolute Gasteiger partial charge is 0.450 e. The number of hydrogen-bond acceptors (Lipinski definition) is 4. The fraction of sp³-hybridized carbons (Fsp3) is 0.455. The minimum Gasteiger partial charge on any atom is -0.450 e. The van der Waals surface area contributed by atoms with Crippen LogP contribution in [0.25, 0.3) is 0 Å². The van der Waals surface area contributed by atoms with Crippen molar-refractivity contribution in [3.8, 4) is 0 Å². The predicted molar refractivity (Wildman–Crippen MR) is 106 cm³/mol. The highest BCUT2D eigenvalue weighted by Crippen LogP contribution is 2.65. The molecule has 6 heteroatoms. The van der Waals surface area contributed by atoms with E-state index in [0.717, 1.165) is 36.4 Å². The Hall–Kier alpha value is -2.11. The van der Waals surface area contributed by atoms with Crippen molar-refractivity contribution in [1.82, 2.24) is 9.88 Å². The third-order valence-corrected chi connectivity index (χ3v) is 6.62. The first kappa shape index (κ1) is 18.0. The van der Waals surface area contributed by atoms with Crippen LogP contribution in [0.3, 0.4) is 0 Å². The number of nitrogens with zero attached hydrogens (tertiary/aromatic N) is 2. The number of halogens is 1. The molecular formula is C22H23ClN2O3. The summed E-state index contributed by atoms with van der Waals surface area (Å²) >= 11 is 6.30. The van der Waals surface area contributed by atoms with Crippen molar-refractivity contribution in [2.24, 2.45) is 0 Å². The number of carbonyl (C=O) groups is 1. The van der Waals surface area contributed by atoms with E-state index in [2.05, 4.69) is 18.2 Å². The van der Waals surface area contributed by atoms with E-state index in [-0.39, 0.29) is 11.7 Å². The van der Waals surface area contributed by atoms with Gasteiger partial charge in [0.05, 0.1) is 12.3 Å². The minimum absolute atomic E-state index is 0.237. The summed E-state index contributed by atoms with van der Waals surface area (Å²) in [7, 11) is 0. The van der Waals surface area contributed by atoms with E-state index in [1.165, 1.54) is 16.7 Å². The van der Waals surface area contributed by atoms with Crippen LogP contribution in [0.5, 0.6) is 0 Å². The predicted octanol–water partition coefficient (Wildman–Crippen LogP) is 4.10. The van der Waals surface area contributed by atoms with Crippen LogP contribution in [0.1, 0.15) is 42.1 Å². The Morgan fingerprint density at radius 1 is 1.25 bits per heavy atom. The highest BCUT2D eigenvalue weighted by molar-refractivity contribution is 6.30. The molecule has 0 bridgehead atoms. The van der Waals surface area contributed by atoms with E-state index in [4.69, 9.17) is 26.1 Å². The zero-order valence-electron chi connectivity index (χ0n) is 15.9. The summed E-state index contributed by atoms with van der Waals surface area (Å²) in [4.78, 5) is 18.7. The zero-order chi connectivity index (χ0) is 19.4. The summed E-state index contributed by atoms with van der Waals surface area (Å²) in [5.41, 5.74) is 3.81. The molecule has 1 amide bonds. The van der Waals surface area contributed by atoms with Crippen LogP contribution in [-0.2, 0) is 27.9 Å². The van der Waals surface area contributed by atoms with Gasteiger partial charge >= 0.3 is 6.09 Å². The van der Waals surface area contributed by atoms with Crippen LogP contribution < -0.4 is 0 Å². The van der Waals surface area contributed by atoms with Crippen molar-refractivity contribution < 1.29 is 14.3 Å². The third kappa shape index (κ3) is 2.49. The summed E-state index contributed by atoms with van der Waals surface area (Å²) in [6, 6.07) is 10.3. The molecule has 1 aliphatic carbocycles. The fourth-order valence-corrected chi connectivity index (χ4v) is 5.21. The summed E-state index contributed by atoms with van der Waals surface area (Å²) in [5.74, 6) is 0. The Kier molecular flexibility index (Phi) is 4.14. The molecule has 146 valence electrons. The number of ether oxygens (including phenoxy) is 2. The van der Waals surface area contributed by atoms with Gasteiger partial charge in [0, 0.05) is 24.3 Å². The Morgan fingerprint density at radius 3 is 2.82 bits per heavy atom. The lowest BCUT2D eigenvalue weighted by Gasteiger charge is -2.32. The smallest absolute Gasteiger partial charge is 0.409 e. The van der Waals surface area contributed by atoms with Crippen LogP contribution in [-0.4, -0.2) is 41.3 Å². The molecule has 0 N–H and O–H groups in total. The molecule has 3 aliphatic rings. The molecule has 1 aromatic heterocycles. The Morgan fingerprint density at radius 2 is 2.04 bits per heavy atom. The van der Waals surface area contributed by atoms with Gasteiger partial charge in [-0.25, -0.2) is 4.79 Å². The van der Waals surface area contributed by atoms with Crippen molar-refractivity contribution in [2.75, 3.05) is 19.7 Å². The van der Waals surface area contributed by atoms with Crippen molar-refractivity contribution in [1.29, 1.82) is 0 Å². The lowest BCUT2D eigenvalue weighted by Crippen LogP contribution is -2.44. The van der Waals surface area contributed by atoms with E-state index < -0.39 is 5.60 Å². The molecule has 5 nitrogen and oxygen atoms in total. The molecule has 0 unspecified atom stereocenters. The van der Waals surface area contributed by atoms with Gasteiger partial charge in [-0.05, 0) is 67.5 Å². The second-order valence-corrected chi connectivity index (χ2v) is 8.21. The molecule has 28 heavy (non-hydrogen) atoms. The van der Waals surface area contributed by atoms with E-state index in [1.54, 1.807) is 4.90 Å². The van der Waals surface area contributed by atoms with Gasteiger partial charge < -0.3 is 14.4 Å². The van der Waals surface area contributed by atoms with Gasteiger partial charge in [-0.1, -0.05) is 23.7 Å². The van der Waals surface area contributed by atoms with E-state index in [1.807, 2.05) is 25.3 Å². The number of aryl methyl sites for hydroxylation is 2. The van der Waals surface area contributed by atoms with E-state index >= 15 is 0 Å². The van der Waals surface area contributed by atoms with Gasteiger partial charge in [-0.2, -0.15) is 0 Å². The zero-order valence-corrected chi connectivity index (χ0v) is 16.7. The van der Waals surface area contributed by atoms with Crippen molar-refractivity contribution >= 4 is 17.7 Å². The molecule has 2 spiro atoms. The SMILES string of the molecule is CCOC(=O)N1CCC2(CC1)O[C@]21c2ccc(Cl)cc2CCc2cccnc21. The van der Waals surface area contributed by atoms with Crippen molar-refractivity contribution in [3.05, 3.63) is 63.9 Å². The number of pyridine rings is 1. The maximum atomic E-state index is 12.1. The second kappa shape index (κ2) is 6.46. The average Bonchev–Trinajstić information content (AvgIpc) is 3.37. The first-order valence-electron chi connectivity index (χ1n) is 9.95. The minimum atomic E-state index is -0.541. The quantitative estimate of drug-likeness (QED) is 0.678. The van der Waals surface area contributed by atoms with Crippen LogP contribution in [0.4, 0.5) is 4.79 Å². The molecule has 0 radical (unpaired) electrons. The Balaban J connectivity index is 1.55. The summed E-state index contributed by atoms with van der Waals surface area (Å²) < 4.78 is 11.8. The number of hydrogen-bond donors (Lipinski definition) is 0.